The molecule has 2 aliphatic rings. The largest absolute Gasteiger partial charge is 0.352 e. The van der Waals surface area contributed by atoms with E-state index >= 15 is 0 Å². The quantitative estimate of drug-likeness (QED) is 0.642. The molecule has 0 aliphatic heterocycles. The lowest BCUT2D eigenvalue weighted by atomic mass is 10.4. The van der Waals surface area contributed by atoms with Gasteiger partial charge in [-0.2, -0.15) is 0 Å². The van der Waals surface area contributed by atoms with Gasteiger partial charge in [0.15, 0.2) is 0 Å². The zero-order valence-corrected chi connectivity index (χ0v) is 10.4. The van der Waals surface area contributed by atoms with Crippen LogP contribution in [0.1, 0.15) is 25.7 Å². The number of rotatable bonds is 7. The van der Waals surface area contributed by atoms with Crippen LogP contribution in [-0.2, 0) is 9.59 Å². The molecule has 96 valence electrons. The molecule has 0 saturated heterocycles. The van der Waals surface area contributed by atoms with Gasteiger partial charge in [0.1, 0.15) is 0 Å². The van der Waals surface area contributed by atoms with Crippen LogP contribution >= 0.6 is 0 Å². The van der Waals surface area contributed by atoms with E-state index in [9.17, 15) is 9.59 Å². The summed E-state index contributed by atoms with van der Waals surface area (Å²) in [5.41, 5.74) is 0. The van der Waals surface area contributed by atoms with Crippen LogP contribution in [0.5, 0.6) is 0 Å². The molecular weight excluding hydrogens is 218 g/mol. The Morgan fingerprint density at radius 1 is 1.24 bits per heavy atom. The average molecular weight is 239 g/mol. The zero-order valence-electron chi connectivity index (χ0n) is 10.4. The molecule has 2 amide bonds. The first kappa shape index (κ1) is 12.4. The van der Waals surface area contributed by atoms with Gasteiger partial charge in [-0.1, -0.05) is 0 Å². The molecule has 2 N–H and O–H groups in total. The third-order valence-corrected chi connectivity index (χ3v) is 3.16. The van der Waals surface area contributed by atoms with Crippen molar-refractivity contribution in [1.82, 2.24) is 15.5 Å². The van der Waals surface area contributed by atoms with Gasteiger partial charge in [0.25, 0.3) is 0 Å². The van der Waals surface area contributed by atoms with Crippen LogP contribution in [-0.4, -0.2) is 49.4 Å². The fourth-order valence-electron chi connectivity index (χ4n) is 1.64. The summed E-state index contributed by atoms with van der Waals surface area (Å²) in [6.07, 6.45) is 4.71. The first-order valence-electron chi connectivity index (χ1n) is 6.39. The van der Waals surface area contributed by atoms with Crippen molar-refractivity contribution in [1.29, 1.82) is 0 Å². The van der Waals surface area contributed by atoms with Crippen molar-refractivity contribution < 1.29 is 9.59 Å². The minimum absolute atomic E-state index is 0.0170. The minimum atomic E-state index is -0.0504. The lowest BCUT2D eigenvalue weighted by Gasteiger charge is -2.17. The van der Waals surface area contributed by atoms with Gasteiger partial charge in [-0.15, -0.1) is 0 Å². The fraction of sp³-hybridized carbons (Fsp3) is 0.833. The van der Waals surface area contributed by atoms with Gasteiger partial charge in [0, 0.05) is 13.1 Å². The number of hydrogen-bond acceptors (Lipinski definition) is 3. The third-order valence-electron chi connectivity index (χ3n) is 3.16. The highest BCUT2D eigenvalue weighted by Gasteiger charge is 2.24. The molecule has 0 spiro atoms. The summed E-state index contributed by atoms with van der Waals surface area (Å²) in [4.78, 5) is 24.6. The zero-order chi connectivity index (χ0) is 12.3. The lowest BCUT2D eigenvalue weighted by molar-refractivity contribution is -0.134. The maximum atomic E-state index is 11.7. The van der Waals surface area contributed by atoms with Crippen molar-refractivity contribution in [3.8, 4) is 0 Å². The van der Waals surface area contributed by atoms with E-state index in [0.717, 1.165) is 25.3 Å². The number of likely N-dealkylation sites (N-methyl/N-ethyl adjacent to an activating group) is 1. The molecule has 2 fully saturated rings. The highest BCUT2D eigenvalue weighted by atomic mass is 16.2. The summed E-state index contributed by atoms with van der Waals surface area (Å²) in [7, 11) is 1.67. The number of carbonyl (C=O) groups excluding carboxylic acids is 2. The van der Waals surface area contributed by atoms with Crippen molar-refractivity contribution in [3.63, 3.8) is 0 Å². The Kier molecular flexibility index (Phi) is 3.99. The highest BCUT2D eigenvalue weighted by Crippen LogP contribution is 2.27. The Bertz CT molecular complexity index is 298. The maximum Gasteiger partial charge on any atom is 0.239 e. The summed E-state index contributed by atoms with van der Waals surface area (Å²) >= 11 is 0. The van der Waals surface area contributed by atoms with Crippen LogP contribution in [0.3, 0.4) is 0 Å². The van der Waals surface area contributed by atoms with Crippen LogP contribution in [0.2, 0.25) is 0 Å². The summed E-state index contributed by atoms with van der Waals surface area (Å²) in [5, 5.41) is 6.00. The number of carbonyl (C=O) groups is 2. The van der Waals surface area contributed by atoms with Crippen molar-refractivity contribution in [2.24, 2.45) is 5.92 Å². The second-order valence-corrected chi connectivity index (χ2v) is 5.17. The van der Waals surface area contributed by atoms with E-state index in [-0.39, 0.29) is 18.4 Å². The Morgan fingerprint density at radius 3 is 2.53 bits per heavy atom. The lowest BCUT2D eigenvalue weighted by Crippen LogP contribution is -2.42. The third kappa shape index (κ3) is 4.73. The van der Waals surface area contributed by atoms with E-state index in [2.05, 4.69) is 10.6 Å². The van der Waals surface area contributed by atoms with E-state index in [4.69, 9.17) is 0 Å². The predicted octanol–water partition coefficient (Wildman–Crippen LogP) is -0.277. The molecule has 0 aromatic carbocycles. The van der Waals surface area contributed by atoms with Gasteiger partial charge in [-0.05, 0) is 38.1 Å². The molecule has 2 saturated carbocycles. The monoisotopic (exact) mass is 239 g/mol. The first-order valence-corrected chi connectivity index (χ1v) is 6.39. The standard InChI is InChI=1S/C12H21N3O2/c1-15(8-11(16)14-10-4-5-10)12(17)7-13-6-9-2-3-9/h9-10,13H,2-8H2,1H3,(H,14,16). The maximum absolute atomic E-state index is 11.7. The van der Waals surface area contributed by atoms with Crippen molar-refractivity contribution in [2.45, 2.75) is 31.7 Å². The number of amides is 2. The number of nitrogens with one attached hydrogen (secondary N) is 2. The molecule has 5 heteroatoms. The molecule has 0 aromatic heterocycles. The first-order chi connectivity index (χ1) is 8.15. The summed E-state index contributed by atoms with van der Waals surface area (Å²) in [6, 6.07) is 0.360. The second-order valence-electron chi connectivity index (χ2n) is 5.17. The van der Waals surface area contributed by atoms with E-state index in [0.29, 0.717) is 12.6 Å². The van der Waals surface area contributed by atoms with Gasteiger partial charge < -0.3 is 15.5 Å². The van der Waals surface area contributed by atoms with Crippen LogP contribution in [0.4, 0.5) is 0 Å². The van der Waals surface area contributed by atoms with Gasteiger partial charge in [0.05, 0.1) is 13.1 Å². The van der Waals surface area contributed by atoms with Crippen LogP contribution in [0.25, 0.3) is 0 Å². The molecular formula is C12H21N3O2. The summed E-state index contributed by atoms with van der Waals surface area (Å²) < 4.78 is 0. The fourth-order valence-corrected chi connectivity index (χ4v) is 1.64. The van der Waals surface area contributed by atoms with E-state index in [1.807, 2.05) is 0 Å². The van der Waals surface area contributed by atoms with Crippen LogP contribution < -0.4 is 10.6 Å². The molecule has 0 bridgehead atoms. The van der Waals surface area contributed by atoms with Crippen molar-refractivity contribution >= 4 is 11.8 Å². The second kappa shape index (κ2) is 5.49. The SMILES string of the molecule is CN(CC(=O)NC1CC1)C(=O)CNCC1CC1. The molecule has 0 radical (unpaired) electrons. The Balaban J connectivity index is 1.57. The molecule has 0 atom stereocenters. The van der Waals surface area contributed by atoms with Crippen LogP contribution in [0.15, 0.2) is 0 Å². The van der Waals surface area contributed by atoms with E-state index in [1.54, 1.807) is 7.05 Å². The number of nitrogens with zero attached hydrogens (tertiary/aromatic N) is 1. The van der Waals surface area contributed by atoms with E-state index < -0.39 is 0 Å². The molecule has 0 aromatic rings. The van der Waals surface area contributed by atoms with Gasteiger partial charge in [0.2, 0.25) is 11.8 Å². The Morgan fingerprint density at radius 2 is 1.94 bits per heavy atom. The molecule has 2 rings (SSSR count). The normalized spacial score (nSPS) is 18.9. The smallest absolute Gasteiger partial charge is 0.239 e. The topological polar surface area (TPSA) is 61.4 Å². The molecule has 2 aliphatic carbocycles. The number of hydrogen-bond donors (Lipinski definition) is 2. The summed E-state index contributed by atoms with van der Waals surface area (Å²) in [6.45, 7) is 1.43. The van der Waals surface area contributed by atoms with Gasteiger partial charge in [-0.3, -0.25) is 9.59 Å². The minimum Gasteiger partial charge on any atom is -0.352 e. The average Bonchev–Trinajstić information content (AvgIpc) is 3.11. The predicted molar refractivity (Wildman–Crippen MR) is 64.4 cm³/mol. The van der Waals surface area contributed by atoms with Crippen molar-refractivity contribution in [2.75, 3.05) is 26.7 Å². The highest BCUT2D eigenvalue weighted by molar-refractivity contribution is 5.85. The van der Waals surface area contributed by atoms with E-state index in [1.165, 1.54) is 17.7 Å². The Hall–Kier alpha value is -1.10. The van der Waals surface area contributed by atoms with Gasteiger partial charge >= 0.3 is 0 Å². The summed E-state index contributed by atoms with van der Waals surface area (Å²) in [5.74, 6) is 0.702. The van der Waals surface area contributed by atoms with Crippen LogP contribution in [0, 0.1) is 5.92 Å². The molecule has 0 heterocycles. The van der Waals surface area contributed by atoms with Gasteiger partial charge in [-0.25, -0.2) is 0 Å². The van der Waals surface area contributed by atoms with Crippen molar-refractivity contribution in [3.05, 3.63) is 0 Å². The molecule has 0 unspecified atom stereocenters. The molecule has 5 nitrogen and oxygen atoms in total. The molecule has 17 heavy (non-hydrogen) atoms. The Labute approximate surface area is 102 Å².